The summed E-state index contributed by atoms with van der Waals surface area (Å²) < 4.78 is 0. The Morgan fingerprint density at radius 2 is 2.29 bits per heavy atom. The first kappa shape index (κ1) is 16.1. The van der Waals surface area contributed by atoms with Crippen LogP contribution in [0.2, 0.25) is 0 Å². The molecule has 0 fully saturated rings. The average Bonchev–Trinajstić information content (AvgIpc) is 3.12. The summed E-state index contributed by atoms with van der Waals surface area (Å²) in [5.74, 6) is 0.0182. The van der Waals surface area contributed by atoms with Crippen LogP contribution in [-0.2, 0) is 0 Å². The Morgan fingerprint density at radius 1 is 1.52 bits per heavy atom. The molecule has 2 N–H and O–H groups in total. The Hall–Kier alpha value is -1.24. The number of aryl methyl sites for hydroxylation is 1. The van der Waals surface area contributed by atoms with Gasteiger partial charge in [-0.2, -0.15) is 0 Å². The van der Waals surface area contributed by atoms with Crippen LogP contribution in [0.5, 0.6) is 0 Å². The Balaban J connectivity index is 2.03. The highest BCUT2D eigenvalue weighted by Gasteiger charge is 2.18. The first-order valence-electron chi connectivity index (χ1n) is 7.00. The molecule has 21 heavy (non-hydrogen) atoms. The highest BCUT2D eigenvalue weighted by Crippen LogP contribution is 2.30. The number of hydrogen-bond donors (Lipinski definition) is 2. The van der Waals surface area contributed by atoms with Gasteiger partial charge in [0.15, 0.2) is 0 Å². The molecule has 0 aliphatic carbocycles. The van der Waals surface area contributed by atoms with E-state index in [0.29, 0.717) is 4.88 Å². The zero-order valence-corrected chi connectivity index (χ0v) is 14.1. The molecular weight excluding hydrogens is 304 g/mol. The topological polar surface area (TPSA) is 62.2 Å². The molecule has 0 aliphatic heterocycles. The molecule has 0 spiro atoms. The molecule has 0 radical (unpaired) electrons. The fourth-order valence-electron chi connectivity index (χ4n) is 1.86. The van der Waals surface area contributed by atoms with Gasteiger partial charge < -0.3 is 10.4 Å². The van der Waals surface area contributed by atoms with Crippen LogP contribution in [0.15, 0.2) is 17.5 Å². The van der Waals surface area contributed by atoms with Crippen molar-refractivity contribution in [2.45, 2.75) is 33.3 Å². The maximum atomic E-state index is 12.2. The Labute approximate surface area is 132 Å². The minimum Gasteiger partial charge on any atom is -0.391 e. The van der Waals surface area contributed by atoms with Crippen molar-refractivity contribution in [1.82, 2.24) is 10.3 Å². The van der Waals surface area contributed by atoms with E-state index in [-0.39, 0.29) is 18.4 Å². The van der Waals surface area contributed by atoms with E-state index in [0.717, 1.165) is 22.0 Å². The predicted molar refractivity (Wildman–Crippen MR) is 88.0 cm³/mol. The number of aromatic nitrogens is 1. The van der Waals surface area contributed by atoms with E-state index in [2.05, 4.69) is 10.3 Å². The van der Waals surface area contributed by atoms with Crippen molar-refractivity contribution in [3.63, 3.8) is 0 Å². The van der Waals surface area contributed by atoms with Gasteiger partial charge in [-0.25, -0.2) is 4.98 Å². The van der Waals surface area contributed by atoms with Crippen LogP contribution in [-0.4, -0.2) is 28.6 Å². The van der Waals surface area contributed by atoms with Crippen LogP contribution in [0.4, 0.5) is 0 Å². The second kappa shape index (κ2) is 7.15. The first-order chi connectivity index (χ1) is 10.0. The summed E-state index contributed by atoms with van der Waals surface area (Å²) in [4.78, 5) is 18.4. The molecule has 2 atom stereocenters. The van der Waals surface area contributed by atoms with Crippen LogP contribution in [0, 0.1) is 12.8 Å². The molecule has 2 rings (SSSR count). The summed E-state index contributed by atoms with van der Waals surface area (Å²) in [5, 5.41) is 15.6. The maximum Gasteiger partial charge on any atom is 0.263 e. The lowest BCUT2D eigenvalue weighted by atomic mass is 10.0. The standard InChI is InChI=1S/C15H20N2O2S2/c1-4-9(2)11(18)8-16-14(19)13-10(3)17-15(21-13)12-6-5-7-20-12/h5-7,9,11,18H,4,8H2,1-3H3,(H,16,19). The number of hydrogen-bond acceptors (Lipinski definition) is 5. The lowest BCUT2D eigenvalue weighted by Gasteiger charge is -2.17. The van der Waals surface area contributed by atoms with Crippen LogP contribution >= 0.6 is 22.7 Å². The van der Waals surface area contributed by atoms with Gasteiger partial charge in [0.2, 0.25) is 0 Å². The number of carbonyl (C=O) groups is 1. The number of nitrogens with one attached hydrogen (secondary N) is 1. The summed E-state index contributed by atoms with van der Waals surface area (Å²) in [7, 11) is 0. The van der Waals surface area contributed by atoms with Gasteiger partial charge in [-0.05, 0) is 24.3 Å². The molecule has 2 aromatic rings. The largest absolute Gasteiger partial charge is 0.391 e. The van der Waals surface area contributed by atoms with Gasteiger partial charge in [-0.1, -0.05) is 26.3 Å². The van der Waals surface area contributed by atoms with Gasteiger partial charge in [-0.3, -0.25) is 4.79 Å². The average molecular weight is 324 g/mol. The van der Waals surface area contributed by atoms with Gasteiger partial charge >= 0.3 is 0 Å². The third kappa shape index (κ3) is 3.90. The molecule has 1 amide bonds. The molecule has 0 bridgehead atoms. The van der Waals surface area contributed by atoms with Crippen LogP contribution in [0.3, 0.4) is 0 Å². The van der Waals surface area contributed by atoms with E-state index in [1.165, 1.54) is 11.3 Å². The molecule has 0 aromatic carbocycles. The zero-order valence-electron chi connectivity index (χ0n) is 12.4. The number of aliphatic hydroxyl groups excluding tert-OH is 1. The molecule has 0 saturated carbocycles. The van der Waals surface area contributed by atoms with Crippen LogP contribution in [0.25, 0.3) is 9.88 Å². The van der Waals surface area contributed by atoms with Crippen LogP contribution < -0.4 is 5.32 Å². The second-order valence-electron chi connectivity index (χ2n) is 5.07. The number of amides is 1. The van der Waals surface area contributed by atoms with E-state index >= 15 is 0 Å². The number of nitrogens with zero attached hydrogens (tertiary/aromatic N) is 1. The molecule has 2 unspecified atom stereocenters. The minimum absolute atomic E-state index is 0.157. The normalized spacial score (nSPS) is 13.9. The lowest BCUT2D eigenvalue weighted by molar-refractivity contribution is 0.0853. The summed E-state index contributed by atoms with van der Waals surface area (Å²) >= 11 is 3.01. The minimum atomic E-state index is -0.510. The second-order valence-corrected chi connectivity index (χ2v) is 7.02. The Bertz CT molecular complexity index is 593. The molecule has 0 saturated heterocycles. The van der Waals surface area contributed by atoms with Gasteiger partial charge in [0.25, 0.3) is 5.91 Å². The third-order valence-electron chi connectivity index (χ3n) is 3.51. The quantitative estimate of drug-likeness (QED) is 0.857. The van der Waals surface area contributed by atoms with Crippen molar-refractivity contribution in [3.8, 4) is 9.88 Å². The number of carbonyl (C=O) groups excluding carboxylic acids is 1. The van der Waals surface area contributed by atoms with E-state index in [9.17, 15) is 9.90 Å². The molecule has 6 heteroatoms. The molecule has 114 valence electrons. The third-order valence-corrected chi connectivity index (χ3v) is 5.70. The van der Waals surface area contributed by atoms with Gasteiger partial charge in [-0.15, -0.1) is 22.7 Å². The van der Waals surface area contributed by atoms with E-state index in [4.69, 9.17) is 0 Å². The van der Waals surface area contributed by atoms with E-state index < -0.39 is 6.10 Å². The number of thiophene rings is 1. The van der Waals surface area contributed by atoms with Gasteiger partial charge in [0, 0.05) is 6.54 Å². The maximum absolute atomic E-state index is 12.2. The molecule has 0 aliphatic rings. The molecule has 4 nitrogen and oxygen atoms in total. The van der Waals surface area contributed by atoms with Gasteiger partial charge in [0.1, 0.15) is 9.88 Å². The predicted octanol–water partition coefficient (Wildman–Crippen LogP) is 3.32. The summed E-state index contributed by atoms with van der Waals surface area (Å²) in [6.45, 7) is 6.12. The molecular formula is C15H20N2O2S2. The highest BCUT2D eigenvalue weighted by atomic mass is 32.1. The van der Waals surface area contributed by atoms with Crippen molar-refractivity contribution >= 4 is 28.6 Å². The van der Waals surface area contributed by atoms with Crippen LogP contribution in [0.1, 0.15) is 35.6 Å². The SMILES string of the molecule is CCC(C)C(O)CNC(=O)c1sc(-c2cccs2)nc1C. The monoisotopic (exact) mass is 324 g/mol. The molecule has 2 aromatic heterocycles. The van der Waals surface area contributed by atoms with E-state index in [1.54, 1.807) is 11.3 Å². The Kier molecular flexibility index (Phi) is 5.50. The lowest BCUT2D eigenvalue weighted by Crippen LogP contribution is -2.35. The zero-order chi connectivity index (χ0) is 15.4. The van der Waals surface area contributed by atoms with Crippen molar-refractivity contribution < 1.29 is 9.90 Å². The summed E-state index contributed by atoms with van der Waals surface area (Å²) in [5.41, 5.74) is 0.735. The number of thiazole rings is 1. The van der Waals surface area contributed by atoms with Crippen molar-refractivity contribution in [2.75, 3.05) is 6.54 Å². The van der Waals surface area contributed by atoms with Crippen molar-refractivity contribution in [3.05, 3.63) is 28.1 Å². The smallest absolute Gasteiger partial charge is 0.263 e. The number of rotatable bonds is 6. The fraction of sp³-hybridized carbons (Fsp3) is 0.467. The van der Waals surface area contributed by atoms with E-state index in [1.807, 2.05) is 38.3 Å². The molecule has 2 heterocycles. The summed E-state index contributed by atoms with van der Waals surface area (Å²) in [6, 6.07) is 3.97. The Morgan fingerprint density at radius 3 is 2.90 bits per heavy atom. The fourth-order valence-corrected chi connectivity index (χ4v) is 3.64. The number of aliphatic hydroxyl groups is 1. The summed E-state index contributed by atoms with van der Waals surface area (Å²) in [6.07, 6.45) is 0.378. The van der Waals surface area contributed by atoms with Crippen molar-refractivity contribution in [1.29, 1.82) is 0 Å². The highest BCUT2D eigenvalue weighted by molar-refractivity contribution is 7.22. The van der Waals surface area contributed by atoms with Crippen molar-refractivity contribution in [2.24, 2.45) is 5.92 Å². The first-order valence-corrected chi connectivity index (χ1v) is 8.70. The van der Waals surface area contributed by atoms with Gasteiger partial charge in [0.05, 0.1) is 16.7 Å².